The summed E-state index contributed by atoms with van der Waals surface area (Å²) in [7, 11) is 0. The van der Waals surface area contributed by atoms with Crippen molar-refractivity contribution in [1.29, 1.82) is 0 Å². The van der Waals surface area contributed by atoms with Gasteiger partial charge in [0.05, 0.1) is 10.9 Å². The normalized spacial score (nSPS) is 16.6. The van der Waals surface area contributed by atoms with Crippen LogP contribution in [0.1, 0.15) is 37.1 Å². The molecule has 0 bridgehead atoms. The zero-order valence-corrected chi connectivity index (χ0v) is 9.80. The van der Waals surface area contributed by atoms with E-state index in [9.17, 15) is 4.79 Å². The number of aryl methyl sites for hydroxylation is 1. The molecule has 0 saturated heterocycles. The molecule has 3 nitrogen and oxygen atoms in total. The van der Waals surface area contributed by atoms with Crippen molar-refractivity contribution >= 4 is 17.3 Å². The third-order valence-electron chi connectivity index (χ3n) is 2.51. The zero-order chi connectivity index (χ0) is 11.1. The number of aromatic nitrogens is 1. The Labute approximate surface area is 94.2 Å². The first-order valence-corrected chi connectivity index (χ1v) is 6.17. The number of hydrogen-bond donors (Lipinski definition) is 1. The van der Waals surface area contributed by atoms with Crippen molar-refractivity contribution in [2.45, 2.75) is 39.0 Å². The van der Waals surface area contributed by atoms with E-state index in [2.05, 4.69) is 4.98 Å². The van der Waals surface area contributed by atoms with Crippen LogP contribution in [0.3, 0.4) is 0 Å². The lowest BCUT2D eigenvalue weighted by Crippen LogP contribution is -2.16. The fraction of sp³-hybridized carbons (Fsp3) is 0.636. The standard InChI is InChI=1S/C7H12O2.C4H5NS/c8-7(9)6-4-2-1-3-5-6;1-4-5-2-3-6-4/h6H,1-5H2,(H,8,9);2-3H,1H3. The summed E-state index contributed by atoms with van der Waals surface area (Å²) in [6.07, 6.45) is 7.04. The van der Waals surface area contributed by atoms with Gasteiger partial charge in [0.2, 0.25) is 0 Å². The minimum Gasteiger partial charge on any atom is -0.481 e. The molecule has 0 atom stereocenters. The third-order valence-corrected chi connectivity index (χ3v) is 3.21. The maximum Gasteiger partial charge on any atom is 0.306 e. The molecular weight excluding hydrogens is 210 g/mol. The number of rotatable bonds is 1. The molecular formula is C11H17NO2S. The summed E-state index contributed by atoms with van der Waals surface area (Å²) in [4.78, 5) is 14.3. The number of aliphatic carboxylic acids is 1. The number of carbonyl (C=O) groups is 1. The molecule has 1 aliphatic carbocycles. The molecule has 0 aliphatic heterocycles. The van der Waals surface area contributed by atoms with Gasteiger partial charge in [0, 0.05) is 11.6 Å². The summed E-state index contributed by atoms with van der Waals surface area (Å²) in [5, 5.41) is 11.6. The Morgan fingerprint density at radius 1 is 1.47 bits per heavy atom. The summed E-state index contributed by atoms with van der Waals surface area (Å²) in [5.41, 5.74) is 0. The molecule has 2 rings (SSSR count). The van der Waals surface area contributed by atoms with E-state index in [1.165, 1.54) is 6.42 Å². The lowest BCUT2D eigenvalue weighted by Gasteiger charge is -2.16. The molecule has 1 aromatic heterocycles. The molecule has 1 heterocycles. The Kier molecular flexibility index (Phi) is 5.32. The highest BCUT2D eigenvalue weighted by molar-refractivity contribution is 7.09. The van der Waals surface area contributed by atoms with E-state index in [4.69, 9.17) is 5.11 Å². The molecule has 1 N–H and O–H groups in total. The molecule has 0 radical (unpaired) electrons. The SMILES string of the molecule is Cc1nccs1.O=C(O)C1CCCCC1. The maximum absolute atomic E-state index is 10.4. The molecule has 1 saturated carbocycles. The van der Waals surface area contributed by atoms with Crippen LogP contribution in [0.2, 0.25) is 0 Å². The molecule has 4 heteroatoms. The second kappa shape index (κ2) is 6.56. The topological polar surface area (TPSA) is 50.2 Å². The zero-order valence-electron chi connectivity index (χ0n) is 8.98. The number of carboxylic acids is 1. The van der Waals surface area contributed by atoms with E-state index in [1.807, 2.05) is 12.3 Å². The van der Waals surface area contributed by atoms with Crippen LogP contribution in [-0.2, 0) is 4.79 Å². The van der Waals surface area contributed by atoms with Crippen molar-refractivity contribution in [2.24, 2.45) is 5.92 Å². The van der Waals surface area contributed by atoms with Gasteiger partial charge in [-0.2, -0.15) is 0 Å². The van der Waals surface area contributed by atoms with Crippen LogP contribution in [0.5, 0.6) is 0 Å². The fourth-order valence-corrected chi connectivity index (χ4v) is 2.08. The fourth-order valence-electron chi connectivity index (χ4n) is 1.64. The molecule has 0 spiro atoms. The average Bonchev–Trinajstić information content (AvgIpc) is 2.71. The Morgan fingerprint density at radius 2 is 2.13 bits per heavy atom. The average molecular weight is 227 g/mol. The largest absolute Gasteiger partial charge is 0.481 e. The predicted octanol–water partition coefficient (Wildman–Crippen LogP) is 3.10. The highest BCUT2D eigenvalue weighted by Gasteiger charge is 2.19. The second-order valence-electron chi connectivity index (χ2n) is 3.72. The van der Waals surface area contributed by atoms with Crippen molar-refractivity contribution in [3.8, 4) is 0 Å². The van der Waals surface area contributed by atoms with Crippen molar-refractivity contribution in [3.05, 3.63) is 16.6 Å². The summed E-state index contributed by atoms with van der Waals surface area (Å²) >= 11 is 1.67. The molecule has 15 heavy (non-hydrogen) atoms. The van der Waals surface area contributed by atoms with Crippen LogP contribution < -0.4 is 0 Å². The van der Waals surface area contributed by atoms with Crippen molar-refractivity contribution in [3.63, 3.8) is 0 Å². The molecule has 0 unspecified atom stereocenters. The molecule has 84 valence electrons. The van der Waals surface area contributed by atoms with E-state index in [0.717, 1.165) is 30.7 Å². The van der Waals surface area contributed by atoms with Gasteiger partial charge in [0.25, 0.3) is 0 Å². The molecule has 1 aromatic rings. The minimum atomic E-state index is -0.602. The van der Waals surface area contributed by atoms with Crippen molar-refractivity contribution in [2.75, 3.05) is 0 Å². The number of nitrogens with zero attached hydrogens (tertiary/aromatic N) is 1. The Morgan fingerprint density at radius 3 is 2.40 bits per heavy atom. The van der Waals surface area contributed by atoms with Gasteiger partial charge >= 0.3 is 5.97 Å². The van der Waals surface area contributed by atoms with Gasteiger partial charge < -0.3 is 5.11 Å². The minimum absolute atomic E-state index is 0.0289. The smallest absolute Gasteiger partial charge is 0.306 e. The molecule has 1 fully saturated rings. The summed E-state index contributed by atoms with van der Waals surface area (Å²) in [5.74, 6) is -0.631. The predicted molar refractivity (Wildman–Crippen MR) is 61.1 cm³/mol. The summed E-state index contributed by atoms with van der Waals surface area (Å²) in [6, 6.07) is 0. The van der Waals surface area contributed by atoms with Gasteiger partial charge in [-0.3, -0.25) is 9.78 Å². The number of thiazole rings is 1. The summed E-state index contributed by atoms with van der Waals surface area (Å²) in [6.45, 7) is 1.99. The Balaban J connectivity index is 0.000000162. The van der Waals surface area contributed by atoms with Gasteiger partial charge in [-0.15, -0.1) is 11.3 Å². The van der Waals surface area contributed by atoms with E-state index < -0.39 is 5.97 Å². The van der Waals surface area contributed by atoms with Crippen LogP contribution in [0.4, 0.5) is 0 Å². The van der Waals surface area contributed by atoms with E-state index in [1.54, 1.807) is 17.5 Å². The van der Waals surface area contributed by atoms with E-state index in [0.29, 0.717) is 0 Å². The monoisotopic (exact) mass is 227 g/mol. The molecule has 0 aromatic carbocycles. The van der Waals surface area contributed by atoms with Crippen molar-refractivity contribution < 1.29 is 9.90 Å². The van der Waals surface area contributed by atoms with Crippen LogP contribution in [-0.4, -0.2) is 16.1 Å². The first-order chi connectivity index (χ1) is 7.20. The van der Waals surface area contributed by atoms with Gasteiger partial charge in [-0.1, -0.05) is 19.3 Å². The van der Waals surface area contributed by atoms with Crippen LogP contribution >= 0.6 is 11.3 Å². The molecule has 1 aliphatic rings. The number of hydrogen-bond acceptors (Lipinski definition) is 3. The maximum atomic E-state index is 10.4. The first kappa shape index (κ1) is 12.2. The van der Waals surface area contributed by atoms with Gasteiger partial charge in [0.1, 0.15) is 0 Å². The Hall–Kier alpha value is -0.900. The highest BCUT2D eigenvalue weighted by Crippen LogP contribution is 2.23. The third kappa shape index (κ3) is 4.93. The van der Waals surface area contributed by atoms with Crippen LogP contribution in [0.15, 0.2) is 11.6 Å². The highest BCUT2D eigenvalue weighted by atomic mass is 32.1. The first-order valence-electron chi connectivity index (χ1n) is 5.29. The lowest BCUT2D eigenvalue weighted by atomic mass is 9.90. The summed E-state index contributed by atoms with van der Waals surface area (Å²) < 4.78 is 0. The van der Waals surface area contributed by atoms with E-state index in [-0.39, 0.29) is 5.92 Å². The van der Waals surface area contributed by atoms with E-state index >= 15 is 0 Å². The van der Waals surface area contributed by atoms with Crippen molar-refractivity contribution in [1.82, 2.24) is 4.98 Å². The number of carboxylic acid groups (broad SMARTS) is 1. The second-order valence-corrected chi connectivity index (χ2v) is 4.82. The van der Waals surface area contributed by atoms with Gasteiger partial charge in [-0.05, 0) is 19.8 Å². The van der Waals surface area contributed by atoms with Gasteiger partial charge in [0.15, 0.2) is 0 Å². The lowest BCUT2D eigenvalue weighted by molar-refractivity contribution is -0.142. The Bertz CT molecular complexity index is 279. The van der Waals surface area contributed by atoms with Gasteiger partial charge in [-0.25, -0.2) is 0 Å². The van der Waals surface area contributed by atoms with Crippen LogP contribution in [0, 0.1) is 12.8 Å². The molecule has 0 amide bonds. The van der Waals surface area contributed by atoms with Crippen LogP contribution in [0.25, 0.3) is 0 Å². The quantitative estimate of drug-likeness (QED) is 0.802.